The second kappa shape index (κ2) is 11.3. The number of fused-ring (bicyclic) bond motifs is 1. The number of benzene rings is 2. The van der Waals surface area contributed by atoms with Crippen molar-refractivity contribution in [3.8, 4) is 0 Å². The zero-order chi connectivity index (χ0) is 28.3. The average molecular weight is 567 g/mol. The van der Waals surface area contributed by atoms with Gasteiger partial charge in [0, 0.05) is 41.8 Å². The van der Waals surface area contributed by atoms with Gasteiger partial charge in [-0.1, -0.05) is 6.07 Å². The lowest BCUT2D eigenvalue weighted by molar-refractivity contribution is -0.132. The van der Waals surface area contributed by atoms with Gasteiger partial charge in [-0.15, -0.1) is 0 Å². The Morgan fingerprint density at radius 3 is 2.44 bits per heavy atom. The second-order valence-electron chi connectivity index (χ2n) is 8.76. The number of amides is 4. The predicted octanol–water partition coefficient (Wildman–Crippen LogP) is 2.08. The molecule has 4 amide bonds. The van der Waals surface area contributed by atoms with E-state index >= 15 is 4.39 Å². The minimum Gasteiger partial charge on any atom is -0.322 e. The van der Waals surface area contributed by atoms with Crippen LogP contribution < -0.4 is 15.8 Å². The molecule has 208 valence electrons. The first-order valence-electron chi connectivity index (χ1n) is 11.9. The summed E-state index contributed by atoms with van der Waals surface area (Å²) >= 11 is 0. The number of aromatic nitrogens is 2. The van der Waals surface area contributed by atoms with Gasteiger partial charge in [-0.25, -0.2) is 17.6 Å². The third-order valence-corrected chi connectivity index (χ3v) is 7.84. The van der Waals surface area contributed by atoms with Gasteiger partial charge in [-0.3, -0.25) is 30.0 Å². The van der Waals surface area contributed by atoms with Crippen molar-refractivity contribution in [2.45, 2.75) is 26.4 Å². The topological polar surface area (TPSA) is 134 Å². The Kier molecular flexibility index (Phi) is 8.09. The monoisotopic (exact) mass is 566 g/mol. The number of rotatable bonds is 6. The highest BCUT2D eigenvalue weighted by molar-refractivity contribution is 7.91. The molecule has 2 heterocycles. The molecule has 1 aliphatic rings. The Labute approximate surface area is 221 Å². The number of alkyl halides is 2. The molecule has 0 bridgehead atoms. The van der Waals surface area contributed by atoms with Crippen LogP contribution in [0.3, 0.4) is 0 Å². The maximum Gasteiger partial charge on any atom is 0.324 e. The molecule has 11 nitrogen and oxygen atoms in total. The van der Waals surface area contributed by atoms with Crippen LogP contribution in [-0.4, -0.2) is 72.0 Å². The highest BCUT2D eigenvalue weighted by Crippen LogP contribution is 2.26. The molecule has 3 aromatic rings. The molecule has 1 aliphatic heterocycles. The fraction of sp³-hybridized carbons (Fsp3) is 0.333. The summed E-state index contributed by atoms with van der Waals surface area (Å²) in [6, 6.07) is 7.97. The third-order valence-electron chi connectivity index (χ3n) is 6.23. The first-order valence-corrected chi connectivity index (χ1v) is 13.7. The Morgan fingerprint density at radius 2 is 1.79 bits per heavy atom. The molecule has 2 N–H and O–H groups in total. The Morgan fingerprint density at radius 1 is 1.08 bits per heavy atom. The number of hydrazine groups is 1. The maximum atomic E-state index is 15.1. The van der Waals surface area contributed by atoms with E-state index in [1.54, 1.807) is 34.5 Å². The second-order valence-corrected chi connectivity index (χ2v) is 11.1. The van der Waals surface area contributed by atoms with E-state index in [-0.39, 0.29) is 42.3 Å². The van der Waals surface area contributed by atoms with Crippen LogP contribution in [0.1, 0.15) is 22.8 Å². The molecule has 4 rings (SSSR count). The maximum absolute atomic E-state index is 15.1. The van der Waals surface area contributed by atoms with E-state index in [1.165, 1.54) is 27.4 Å². The van der Waals surface area contributed by atoms with Gasteiger partial charge in [0.15, 0.2) is 9.84 Å². The van der Waals surface area contributed by atoms with Crippen molar-refractivity contribution in [3.05, 3.63) is 59.5 Å². The van der Waals surface area contributed by atoms with Crippen LogP contribution in [-0.2, 0) is 27.7 Å². The van der Waals surface area contributed by atoms with Crippen LogP contribution in [0, 0.1) is 5.82 Å². The molecule has 1 saturated heterocycles. The van der Waals surface area contributed by atoms with Gasteiger partial charge < -0.3 is 4.90 Å². The van der Waals surface area contributed by atoms with Crippen molar-refractivity contribution in [1.29, 1.82) is 0 Å². The van der Waals surface area contributed by atoms with Crippen molar-refractivity contribution in [1.82, 2.24) is 25.5 Å². The first kappa shape index (κ1) is 27.9. The van der Waals surface area contributed by atoms with Gasteiger partial charge in [-0.05, 0) is 37.3 Å². The number of anilines is 1. The molecule has 0 atom stereocenters. The zero-order valence-corrected chi connectivity index (χ0v) is 21.6. The molecule has 1 aromatic heterocycles. The SMILES string of the molecule is CCn1ncc2ccc(N(Cc3ccc(C(=O)NNC(=O)C(F)F)cc3F)C(=O)N3CCS(=O)(=O)CC3)cc21. The Balaban J connectivity index is 1.62. The van der Waals surface area contributed by atoms with Gasteiger partial charge in [0.05, 0.1) is 29.8 Å². The number of carbonyl (C=O) groups is 3. The number of sulfone groups is 1. The van der Waals surface area contributed by atoms with Gasteiger partial charge in [0.2, 0.25) is 0 Å². The molecule has 0 unspecified atom stereocenters. The molecule has 15 heteroatoms. The van der Waals surface area contributed by atoms with E-state index in [2.05, 4.69) is 5.10 Å². The van der Waals surface area contributed by atoms with Crippen molar-refractivity contribution < 1.29 is 36.0 Å². The predicted molar refractivity (Wildman–Crippen MR) is 135 cm³/mol. The number of hydrogen-bond donors (Lipinski definition) is 2. The molecular weight excluding hydrogens is 541 g/mol. The van der Waals surface area contributed by atoms with Crippen LogP contribution >= 0.6 is 0 Å². The quantitative estimate of drug-likeness (QED) is 0.439. The normalized spacial score (nSPS) is 14.8. The lowest BCUT2D eigenvalue weighted by Crippen LogP contribution is -2.49. The first-order chi connectivity index (χ1) is 18.5. The van der Waals surface area contributed by atoms with Crippen LogP contribution in [0.5, 0.6) is 0 Å². The summed E-state index contributed by atoms with van der Waals surface area (Å²) in [7, 11) is -3.25. The summed E-state index contributed by atoms with van der Waals surface area (Å²) in [6.45, 7) is 2.18. The van der Waals surface area contributed by atoms with Gasteiger partial charge in [0.25, 0.3) is 5.91 Å². The van der Waals surface area contributed by atoms with E-state index in [9.17, 15) is 31.6 Å². The minimum atomic E-state index is -3.34. The van der Waals surface area contributed by atoms with Gasteiger partial charge in [0.1, 0.15) is 5.82 Å². The molecule has 0 spiro atoms. The molecule has 0 radical (unpaired) electrons. The number of hydrogen-bond acceptors (Lipinski definition) is 6. The van der Waals surface area contributed by atoms with Crippen LogP contribution in [0.15, 0.2) is 42.6 Å². The molecule has 0 saturated carbocycles. The zero-order valence-electron chi connectivity index (χ0n) is 20.7. The van der Waals surface area contributed by atoms with Crippen molar-refractivity contribution in [3.63, 3.8) is 0 Å². The summed E-state index contributed by atoms with van der Waals surface area (Å²) in [5.74, 6) is -3.97. The summed E-state index contributed by atoms with van der Waals surface area (Å²) < 4.78 is 65.2. The van der Waals surface area contributed by atoms with Crippen LogP contribution in [0.2, 0.25) is 0 Å². The molecule has 0 aliphatic carbocycles. The standard InChI is InChI=1S/C24H25F3N6O5S/c1-2-33-20-12-18(6-5-16(20)13-28-33)32(24(36)31-7-9-39(37,38)10-8-31)14-17-4-3-15(11-19(17)25)22(34)29-30-23(35)21(26)27/h3-6,11-13,21H,2,7-10,14H2,1H3,(H,29,34)(H,30,35). The Hall–Kier alpha value is -4.14. The minimum absolute atomic E-state index is 0.0151. The Bertz CT molecular complexity index is 1510. The van der Waals surface area contributed by atoms with Crippen molar-refractivity contribution in [2.24, 2.45) is 0 Å². The summed E-state index contributed by atoms with van der Waals surface area (Å²) in [6.07, 6.45) is -1.67. The highest BCUT2D eigenvalue weighted by atomic mass is 32.2. The third kappa shape index (κ3) is 6.30. The molecular formula is C24H25F3N6O5S. The number of nitrogens with one attached hydrogen (secondary N) is 2. The number of urea groups is 1. The van der Waals surface area contributed by atoms with Gasteiger partial charge >= 0.3 is 18.4 Å². The lowest BCUT2D eigenvalue weighted by atomic mass is 10.1. The number of halogens is 3. The molecule has 1 fully saturated rings. The lowest BCUT2D eigenvalue weighted by Gasteiger charge is -2.33. The smallest absolute Gasteiger partial charge is 0.322 e. The van der Waals surface area contributed by atoms with E-state index in [4.69, 9.17) is 0 Å². The van der Waals surface area contributed by atoms with E-state index in [0.717, 1.165) is 17.0 Å². The average Bonchev–Trinajstić information content (AvgIpc) is 3.32. The largest absolute Gasteiger partial charge is 0.324 e. The summed E-state index contributed by atoms with van der Waals surface area (Å²) in [4.78, 5) is 39.4. The van der Waals surface area contributed by atoms with Crippen molar-refractivity contribution in [2.75, 3.05) is 29.5 Å². The molecule has 2 aromatic carbocycles. The van der Waals surface area contributed by atoms with E-state index < -0.39 is 39.9 Å². The number of nitrogens with zero attached hydrogens (tertiary/aromatic N) is 4. The van der Waals surface area contributed by atoms with Crippen molar-refractivity contribution >= 4 is 44.3 Å². The summed E-state index contributed by atoms with van der Waals surface area (Å²) in [5, 5.41) is 5.13. The molecule has 39 heavy (non-hydrogen) atoms. The summed E-state index contributed by atoms with van der Waals surface area (Å²) in [5.41, 5.74) is 4.25. The van der Waals surface area contributed by atoms with E-state index in [0.29, 0.717) is 12.2 Å². The van der Waals surface area contributed by atoms with E-state index in [1.807, 2.05) is 6.92 Å². The van der Waals surface area contributed by atoms with Crippen LogP contribution in [0.25, 0.3) is 10.9 Å². The van der Waals surface area contributed by atoms with Crippen LogP contribution in [0.4, 0.5) is 23.7 Å². The fourth-order valence-corrected chi connectivity index (χ4v) is 5.26. The number of aryl methyl sites for hydroxylation is 1. The highest BCUT2D eigenvalue weighted by Gasteiger charge is 2.30. The number of carbonyl (C=O) groups excluding carboxylic acids is 3. The van der Waals surface area contributed by atoms with Gasteiger partial charge in [-0.2, -0.15) is 13.9 Å². The fourth-order valence-electron chi connectivity index (χ4n) is 4.05.